The quantitative estimate of drug-likeness (QED) is 0.742. The van der Waals surface area contributed by atoms with Crippen LogP contribution in [0, 0.1) is 5.92 Å². The highest BCUT2D eigenvalue weighted by atomic mass is 19.4. The van der Waals surface area contributed by atoms with Crippen molar-refractivity contribution in [3.8, 4) is 5.88 Å². The predicted octanol–water partition coefficient (Wildman–Crippen LogP) is 3.50. The van der Waals surface area contributed by atoms with Crippen molar-refractivity contribution in [2.75, 3.05) is 13.7 Å². The number of alkyl halides is 3. The summed E-state index contributed by atoms with van der Waals surface area (Å²) in [4.78, 5) is 13.6. The lowest BCUT2D eigenvalue weighted by molar-refractivity contribution is -0.154. The zero-order chi connectivity index (χ0) is 20.2. The molecule has 2 N–H and O–H groups in total. The number of aldehydes is 1. The van der Waals surface area contributed by atoms with Gasteiger partial charge in [0.1, 0.15) is 6.29 Å². The average molecular weight is 378 g/mol. The molecule has 0 radical (unpaired) electrons. The van der Waals surface area contributed by atoms with Crippen LogP contribution in [0.3, 0.4) is 0 Å². The highest BCUT2D eigenvalue weighted by Gasteiger charge is 2.37. The maximum Gasteiger partial charge on any atom is 0.422 e. The SMILES string of the molecule is CC.CC1(O)CC(CC=O)C1.CNCc1ccnc(OCC(F)(F)F)c1. The summed E-state index contributed by atoms with van der Waals surface area (Å²) in [6.45, 7) is 5.06. The summed E-state index contributed by atoms with van der Waals surface area (Å²) < 4.78 is 40.0. The molecule has 150 valence electrons. The Balaban J connectivity index is 0.000000484. The first-order valence-corrected chi connectivity index (χ1v) is 8.60. The number of nitrogens with zero attached hydrogens (tertiary/aromatic N) is 1. The lowest BCUT2D eigenvalue weighted by Crippen LogP contribution is -2.40. The summed E-state index contributed by atoms with van der Waals surface area (Å²) in [6, 6.07) is 3.18. The van der Waals surface area contributed by atoms with E-state index in [2.05, 4.69) is 15.0 Å². The second-order valence-electron chi connectivity index (χ2n) is 6.11. The van der Waals surface area contributed by atoms with Gasteiger partial charge in [-0.05, 0) is 44.4 Å². The zero-order valence-electron chi connectivity index (χ0n) is 15.8. The molecule has 1 fully saturated rings. The van der Waals surface area contributed by atoms with Crippen molar-refractivity contribution >= 4 is 6.29 Å². The molecule has 0 saturated heterocycles. The molecule has 2 rings (SSSR count). The van der Waals surface area contributed by atoms with Gasteiger partial charge in [-0.3, -0.25) is 0 Å². The van der Waals surface area contributed by atoms with Crippen molar-refractivity contribution in [3.63, 3.8) is 0 Å². The molecule has 0 amide bonds. The topological polar surface area (TPSA) is 71.5 Å². The maximum absolute atomic E-state index is 11.8. The summed E-state index contributed by atoms with van der Waals surface area (Å²) in [5.41, 5.74) is 0.359. The number of halogens is 3. The lowest BCUT2D eigenvalue weighted by Gasteiger charge is -2.40. The third-order valence-electron chi connectivity index (χ3n) is 3.45. The number of rotatable bonds is 6. The van der Waals surface area contributed by atoms with Gasteiger partial charge in [0.15, 0.2) is 6.61 Å². The summed E-state index contributed by atoms with van der Waals surface area (Å²) in [5, 5.41) is 12.1. The number of pyridine rings is 1. The molecule has 0 atom stereocenters. The molecule has 1 aromatic heterocycles. The van der Waals surface area contributed by atoms with E-state index in [4.69, 9.17) is 0 Å². The number of hydrogen-bond donors (Lipinski definition) is 2. The predicted molar refractivity (Wildman–Crippen MR) is 93.9 cm³/mol. The van der Waals surface area contributed by atoms with Gasteiger partial charge >= 0.3 is 6.18 Å². The molecule has 0 unspecified atom stereocenters. The minimum atomic E-state index is -4.33. The number of ether oxygens (including phenoxy) is 1. The van der Waals surface area contributed by atoms with E-state index in [0.29, 0.717) is 18.9 Å². The summed E-state index contributed by atoms with van der Waals surface area (Å²) in [6.07, 6.45) is 0.229. The van der Waals surface area contributed by atoms with E-state index in [1.165, 1.54) is 12.3 Å². The van der Waals surface area contributed by atoms with Crippen LogP contribution in [0.5, 0.6) is 5.88 Å². The normalized spacial score (nSPS) is 21.3. The molecular formula is C18H29F3N2O3. The van der Waals surface area contributed by atoms with Crippen LogP contribution in [0.2, 0.25) is 0 Å². The minimum absolute atomic E-state index is 0.0138. The van der Waals surface area contributed by atoms with Crippen LogP contribution in [-0.2, 0) is 11.3 Å². The van der Waals surface area contributed by atoms with Gasteiger partial charge < -0.3 is 20.0 Å². The first-order chi connectivity index (χ1) is 12.1. The Morgan fingerprint density at radius 2 is 2.04 bits per heavy atom. The molecule has 0 bridgehead atoms. The molecule has 1 heterocycles. The van der Waals surface area contributed by atoms with Gasteiger partial charge in [0.25, 0.3) is 0 Å². The monoisotopic (exact) mass is 378 g/mol. The summed E-state index contributed by atoms with van der Waals surface area (Å²) in [7, 11) is 1.75. The van der Waals surface area contributed by atoms with E-state index in [1.807, 2.05) is 20.8 Å². The van der Waals surface area contributed by atoms with Gasteiger partial charge in [-0.2, -0.15) is 13.2 Å². The fourth-order valence-corrected chi connectivity index (χ4v) is 2.49. The van der Waals surface area contributed by atoms with Crippen molar-refractivity contribution in [1.82, 2.24) is 10.3 Å². The fraction of sp³-hybridized carbons (Fsp3) is 0.667. The van der Waals surface area contributed by atoms with Crippen molar-refractivity contribution in [2.45, 2.75) is 58.4 Å². The maximum atomic E-state index is 11.8. The number of nitrogens with one attached hydrogen (secondary N) is 1. The Morgan fingerprint density at radius 1 is 1.42 bits per heavy atom. The van der Waals surface area contributed by atoms with Gasteiger partial charge in [-0.1, -0.05) is 13.8 Å². The summed E-state index contributed by atoms with van der Waals surface area (Å²) in [5.74, 6) is 0.442. The van der Waals surface area contributed by atoms with Crippen LogP contribution in [0.4, 0.5) is 13.2 Å². The zero-order valence-corrected chi connectivity index (χ0v) is 15.8. The van der Waals surface area contributed by atoms with Crippen molar-refractivity contribution in [1.29, 1.82) is 0 Å². The van der Waals surface area contributed by atoms with Crippen LogP contribution in [0.15, 0.2) is 18.3 Å². The molecule has 1 aliphatic rings. The Morgan fingerprint density at radius 3 is 2.50 bits per heavy atom. The fourth-order valence-electron chi connectivity index (χ4n) is 2.49. The van der Waals surface area contributed by atoms with Crippen LogP contribution >= 0.6 is 0 Å². The standard InChI is InChI=1S/C9H11F3N2O.C7H12O2.C2H6/c1-13-5-7-2-3-14-8(4-7)15-6-9(10,11)12;1-7(9)4-6(5-7)2-3-8;1-2/h2-4,13H,5-6H2,1H3;3,6,9H,2,4-5H2,1H3;1-2H3. The number of carbonyl (C=O) groups excluding carboxylic acids is 1. The molecular weight excluding hydrogens is 349 g/mol. The van der Waals surface area contributed by atoms with E-state index in [1.54, 1.807) is 13.1 Å². The smallest absolute Gasteiger partial charge is 0.422 e. The van der Waals surface area contributed by atoms with Gasteiger partial charge in [0.2, 0.25) is 5.88 Å². The molecule has 26 heavy (non-hydrogen) atoms. The molecule has 1 saturated carbocycles. The Bertz CT molecular complexity index is 515. The number of hydrogen-bond acceptors (Lipinski definition) is 5. The van der Waals surface area contributed by atoms with Gasteiger partial charge in [-0.25, -0.2) is 4.98 Å². The molecule has 0 spiro atoms. The molecule has 1 aliphatic carbocycles. The summed E-state index contributed by atoms with van der Waals surface area (Å²) >= 11 is 0. The van der Waals surface area contributed by atoms with Crippen LogP contribution in [0.25, 0.3) is 0 Å². The lowest BCUT2D eigenvalue weighted by atomic mass is 9.71. The first-order valence-electron chi connectivity index (χ1n) is 8.60. The minimum Gasteiger partial charge on any atom is -0.468 e. The third kappa shape index (κ3) is 11.0. The third-order valence-corrected chi connectivity index (χ3v) is 3.45. The highest BCUT2D eigenvalue weighted by Crippen LogP contribution is 2.38. The van der Waals surface area contributed by atoms with E-state index in [-0.39, 0.29) is 5.88 Å². The van der Waals surface area contributed by atoms with Crippen LogP contribution in [-0.4, -0.2) is 41.8 Å². The Labute approximate surface area is 153 Å². The number of carbonyl (C=O) groups is 1. The van der Waals surface area contributed by atoms with E-state index in [9.17, 15) is 23.1 Å². The van der Waals surface area contributed by atoms with E-state index < -0.39 is 18.4 Å². The van der Waals surface area contributed by atoms with E-state index in [0.717, 1.165) is 24.7 Å². The molecule has 8 heteroatoms. The second-order valence-corrected chi connectivity index (χ2v) is 6.11. The van der Waals surface area contributed by atoms with Crippen molar-refractivity contribution < 1.29 is 27.8 Å². The van der Waals surface area contributed by atoms with Crippen molar-refractivity contribution in [2.24, 2.45) is 5.92 Å². The molecule has 5 nitrogen and oxygen atoms in total. The molecule has 0 aromatic carbocycles. The number of aliphatic hydroxyl groups is 1. The molecule has 1 aromatic rings. The van der Waals surface area contributed by atoms with Gasteiger partial charge in [-0.15, -0.1) is 0 Å². The number of aromatic nitrogens is 1. The van der Waals surface area contributed by atoms with Gasteiger partial charge in [0, 0.05) is 25.2 Å². The second kappa shape index (κ2) is 11.9. The van der Waals surface area contributed by atoms with Crippen molar-refractivity contribution in [3.05, 3.63) is 23.9 Å². The largest absolute Gasteiger partial charge is 0.468 e. The highest BCUT2D eigenvalue weighted by molar-refractivity contribution is 5.50. The Kier molecular flexibility index (Phi) is 11.1. The average Bonchev–Trinajstić information content (AvgIpc) is 2.54. The Hall–Kier alpha value is -1.67. The van der Waals surface area contributed by atoms with Gasteiger partial charge in [0.05, 0.1) is 5.60 Å². The van der Waals surface area contributed by atoms with E-state index >= 15 is 0 Å². The van der Waals surface area contributed by atoms with Crippen LogP contribution in [0.1, 0.15) is 45.6 Å². The molecule has 0 aliphatic heterocycles. The van der Waals surface area contributed by atoms with Crippen LogP contribution < -0.4 is 10.1 Å². The first kappa shape index (κ1) is 24.3.